The van der Waals surface area contributed by atoms with E-state index < -0.39 is 11.5 Å². The molecule has 0 aliphatic carbocycles. The zero-order chi connectivity index (χ0) is 20.5. The van der Waals surface area contributed by atoms with Crippen LogP contribution in [-0.4, -0.2) is 27.1 Å². The molecule has 1 aromatic carbocycles. The van der Waals surface area contributed by atoms with E-state index in [4.69, 9.17) is 25.2 Å². The summed E-state index contributed by atoms with van der Waals surface area (Å²) in [7, 11) is 0. The Morgan fingerprint density at radius 2 is 2.17 bits per heavy atom. The molecule has 9 heteroatoms. The number of benzene rings is 1. The van der Waals surface area contributed by atoms with Gasteiger partial charge in [-0.3, -0.25) is 9.36 Å². The number of furan rings is 1. The molecule has 0 saturated heterocycles. The number of nitrogens with zero attached hydrogens (tertiary/aromatic N) is 3. The minimum Gasteiger partial charge on any atom is -0.462 e. The lowest BCUT2D eigenvalue weighted by Crippen LogP contribution is -2.22. The number of hydrogen-bond acceptors (Lipinski definition) is 7. The highest BCUT2D eigenvalue weighted by Crippen LogP contribution is 2.23. The van der Waals surface area contributed by atoms with Gasteiger partial charge in [0.2, 0.25) is 11.6 Å². The van der Waals surface area contributed by atoms with Crippen molar-refractivity contribution in [3.63, 3.8) is 0 Å². The van der Waals surface area contributed by atoms with Gasteiger partial charge in [-0.05, 0) is 32.0 Å². The van der Waals surface area contributed by atoms with Crippen LogP contribution in [0.15, 0.2) is 50.5 Å². The van der Waals surface area contributed by atoms with Crippen molar-refractivity contribution in [2.24, 2.45) is 0 Å². The maximum Gasteiger partial charge on any atom is 0.342 e. The average Bonchev–Trinajstić information content (AvgIpc) is 3.28. The number of carbonyl (C=O) groups is 1. The lowest BCUT2D eigenvalue weighted by molar-refractivity contribution is 0.0526. The summed E-state index contributed by atoms with van der Waals surface area (Å²) in [6.07, 6.45) is 2.80. The molecule has 0 aliphatic heterocycles. The van der Waals surface area contributed by atoms with Gasteiger partial charge < -0.3 is 13.6 Å². The summed E-state index contributed by atoms with van der Waals surface area (Å²) >= 11 is 6.00. The molecule has 0 atom stereocenters. The van der Waals surface area contributed by atoms with Gasteiger partial charge in [0.25, 0.3) is 5.56 Å². The first-order valence-electron chi connectivity index (χ1n) is 8.84. The Labute approximate surface area is 169 Å². The number of hydrogen-bond donors (Lipinski definition) is 0. The van der Waals surface area contributed by atoms with Gasteiger partial charge in [-0.15, -0.1) is 0 Å². The quantitative estimate of drug-likeness (QED) is 0.458. The maximum absolute atomic E-state index is 13.0. The van der Waals surface area contributed by atoms with Crippen LogP contribution in [0.2, 0.25) is 5.02 Å². The zero-order valence-corrected chi connectivity index (χ0v) is 16.4. The molecular weight excluding hydrogens is 398 g/mol. The number of fused-ring (bicyclic) bond motifs is 1. The molecule has 0 spiro atoms. The fourth-order valence-electron chi connectivity index (χ4n) is 3.01. The molecular formula is C20H16ClN3O5. The molecule has 0 saturated carbocycles. The van der Waals surface area contributed by atoms with Crippen molar-refractivity contribution >= 4 is 28.7 Å². The van der Waals surface area contributed by atoms with Gasteiger partial charge in [-0.1, -0.05) is 17.7 Å². The second kappa shape index (κ2) is 7.56. The maximum atomic E-state index is 13.0. The van der Waals surface area contributed by atoms with E-state index >= 15 is 0 Å². The molecule has 3 aromatic heterocycles. The normalized spacial score (nSPS) is 11.1. The Hall–Kier alpha value is -3.39. The number of carbonyl (C=O) groups excluding carboxylic acids is 1. The van der Waals surface area contributed by atoms with E-state index in [2.05, 4.69) is 9.97 Å². The van der Waals surface area contributed by atoms with Crippen molar-refractivity contribution in [2.45, 2.75) is 20.4 Å². The molecule has 0 radical (unpaired) electrons. The lowest BCUT2D eigenvalue weighted by Gasteiger charge is -2.03. The van der Waals surface area contributed by atoms with E-state index in [0.29, 0.717) is 16.6 Å². The van der Waals surface area contributed by atoms with Crippen LogP contribution in [0.1, 0.15) is 28.7 Å². The van der Waals surface area contributed by atoms with Crippen molar-refractivity contribution in [2.75, 3.05) is 6.61 Å². The van der Waals surface area contributed by atoms with Crippen molar-refractivity contribution < 1.29 is 18.4 Å². The van der Waals surface area contributed by atoms with E-state index in [0.717, 1.165) is 5.56 Å². The average molecular weight is 414 g/mol. The second-order valence-electron chi connectivity index (χ2n) is 6.27. The minimum absolute atomic E-state index is 0.0852. The summed E-state index contributed by atoms with van der Waals surface area (Å²) in [5.74, 6) is 0.0477. The Morgan fingerprint density at radius 1 is 1.34 bits per heavy atom. The summed E-state index contributed by atoms with van der Waals surface area (Å²) < 4.78 is 17.3. The highest BCUT2D eigenvalue weighted by atomic mass is 35.5. The second-order valence-corrected chi connectivity index (χ2v) is 6.70. The first-order valence-corrected chi connectivity index (χ1v) is 9.21. The molecule has 0 unspecified atom stereocenters. The molecule has 0 bridgehead atoms. The summed E-state index contributed by atoms with van der Waals surface area (Å²) in [5, 5.41) is 0.650. The zero-order valence-electron chi connectivity index (χ0n) is 15.6. The third-order valence-corrected chi connectivity index (χ3v) is 4.53. The monoisotopic (exact) mass is 413 g/mol. The molecule has 0 N–H and O–H groups in total. The molecule has 0 fully saturated rings. The topological polar surface area (TPSA) is 100 Å². The predicted octanol–water partition coefficient (Wildman–Crippen LogP) is 3.83. The van der Waals surface area contributed by atoms with Crippen molar-refractivity contribution in [3.8, 4) is 11.5 Å². The molecule has 3 heterocycles. The van der Waals surface area contributed by atoms with Gasteiger partial charge in [0, 0.05) is 10.6 Å². The Bertz CT molecular complexity index is 1270. The van der Waals surface area contributed by atoms with E-state index in [1.54, 1.807) is 32.0 Å². The number of oxazole rings is 1. The van der Waals surface area contributed by atoms with Crippen LogP contribution in [0.5, 0.6) is 0 Å². The molecule has 148 valence electrons. The van der Waals surface area contributed by atoms with Crippen LogP contribution in [0, 0.1) is 6.92 Å². The predicted molar refractivity (Wildman–Crippen MR) is 105 cm³/mol. The van der Waals surface area contributed by atoms with Crippen LogP contribution < -0.4 is 5.56 Å². The molecule has 29 heavy (non-hydrogen) atoms. The third kappa shape index (κ3) is 3.54. The van der Waals surface area contributed by atoms with Crippen LogP contribution in [0.25, 0.3) is 22.6 Å². The van der Waals surface area contributed by atoms with Crippen LogP contribution in [-0.2, 0) is 11.3 Å². The van der Waals surface area contributed by atoms with Gasteiger partial charge in [0.15, 0.2) is 0 Å². The lowest BCUT2D eigenvalue weighted by atomic mass is 10.2. The Morgan fingerprint density at radius 3 is 2.93 bits per heavy atom. The Kier molecular flexibility index (Phi) is 4.94. The number of ether oxygens (including phenoxy) is 1. The van der Waals surface area contributed by atoms with E-state index in [1.807, 2.05) is 6.07 Å². The summed E-state index contributed by atoms with van der Waals surface area (Å²) in [6, 6.07) is 7.10. The number of aromatic nitrogens is 3. The first-order chi connectivity index (χ1) is 14.0. The highest BCUT2D eigenvalue weighted by molar-refractivity contribution is 6.30. The van der Waals surface area contributed by atoms with Gasteiger partial charge >= 0.3 is 5.97 Å². The van der Waals surface area contributed by atoms with E-state index in [-0.39, 0.29) is 35.6 Å². The number of esters is 1. The SMILES string of the molecule is CCOC(=O)c1c(C)oc2ncn(Cc3coc(-c4cccc(Cl)c4)n3)c(=O)c12. The van der Waals surface area contributed by atoms with Gasteiger partial charge in [0.1, 0.15) is 29.3 Å². The van der Waals surface area contributed by atoms with Gasteiger partial charge in [-0.2, -0.15) is 0 Å². The van der Waals surface area contributed by atoms with Crippen molar-refractivity contribution in [3.05, 3.63) is 69.3 Å². The molecule has 4 aromatic rings. The minimum atomic E-state index is -0.620. The van der Waals surface area contributed by atoms with Gasteiger partial charge in [0.05, 0.1) is 18.8 Å². The van der Waals surface area contributed by atoms with Crippen LogP contribution >= 0.6 is 11.6 Å². The number of aryl methyl sites for hydroxylation is 1. The summed E-state index contributed by atoms with van der Waals surface area (Å²) in [4.78, 5) is 33.8. The smallest absolute Gasteiger partial charge is 0.342 e. The highest BCUT2D eigenvalue weighted by Gasteiger charge is 2.24. The van der Waals surface area contributed by atoms with E-state index in [1.165, 1.54) is 17.2 Å². The first kappa shape index (κ1) is 18.9. The van der Waals surface area contributed by atoms with Crippen molar-refractivity contribution in [1.29, 1.82) is 0 Å². The van der Waals surface area contributed by atoms with E-state index in [9.17, 15) is 9.59 Å². The standard InChI is InChI=1S/C20H16ClN3O5/c1-3-27-20(26)15-11(2)29-18-16(15)19(25)24(10-22-18)8-14-9-28-17(23-14)12-5-4-6-13(21)7-12/h4-7,9-10H,3,8H2,1-2H3. The number of halogens is 1. The molecule has 4 rings (SSSR count). The van der Waals surface area contributed by atoms with Crippen LogP contribution in [0.3, 0.4) is 0 Å². The Balaban J connectivity index is 1.71. The fraction of sp³-hybridized carbons (Fsp3) is 0.200. The molecule has 8 nitrogen and oxygen atoms in total. The largest absolute Gasteiger partial charge is 0.462 e. The van der Waals surface area contributed by atoms with Crippen molar-refractivity contribution in [1.82, 2.24) is 14.5 Å². The van der Waals surface area contributed by atoms with Crippen LogP contribution in [0.4, 0.5) is 0 Å². The molecule has 0 amide bonds. The third-order valence-electron chi connectivity index (χ3n) is 4.29. The summed E-state index contributed by atoms with van der Waals surface area (Å²) in [6.45, 7) is 3.57. The van der Waals surface area contributed by atoms with Gasteiger partial charge in [-0.25, -0.2) is 14.8 Å². The summed E-state index contributed by atoms with van der Waals surface area (Å²) in [5.41, 5.74) is 0.989. The fourth-order valence-corrected chi connectivity index (χ4v) is 3.20. The molecule has 0 aliphatic rings. The number of rotatable bonds is 5.